The minimum atomic E-state index is 0.999. The second kappa shape index (κ2) is 2.21. The summed E-state index contributed by atoms with van der Waals surface area (Å²) in [5.74, 6) is 2.69. The Morgan fingerprint density at radius 2 is 0.917 bits per heavy atom. The lowest BCUT2D eigenvalue weighted by Crippen LogP contribution is -2.34. The molecule has 0 saturated heterocycles. The molecule has 0 unspecified atom stereocenters. The summed E-state index contributed by atoms with van der Waals surface area (Å²) in [5, 5.41) is 0. The van der Waals surface area contributed by atoms with Gasteiger partial charge in [0.1, 0.15) is 11.6 Å². The standard InChI is InChI=1S/C8H16N4/c1-9-5-10(2)8-7(9)11(3)6-12(8)4/h5-6H2,1-4H3. The Labute approximate surface area is 73.6 Å². The molecule has 0 amide bonds. The van der Waals surface area contributed by atoms with Gasteiger partial charge in [0.2, 0.25) is 0 Å². The van der Waals surface area contributed by atoms with Crippen LogP contribution >= 0.6 is 0 Å². The van der Waals surface area contributed by atoms with Gasteiger partial charge in [-0.25, -0.2) is 0 Å². The van der Waals surface area contributed by atoms with Crippen LogP contribution in [0.1, 0.15) is 0 Å². The molecular formula is C8H16N4. The highest BCUT2D eigenvalue weighted by molar-refractivity contribution is 5.18. The second-order valence-electron chi connectivity index (χ2n) is 3.72. The fourth-order valence-electron chi connectivity index (χ4n) is 2.17. The quantitative estimate of drug-likeness (QED) is 0.496. The predicted molar refractivity (Wildman–Crippen MR) is 47.8 cm³/mol. The van der Waals surface area contributed by atoms with E-state index in [1.165, 1.54) is 11.6 Å². The first kappa shape index (κ1) is 7.58. The predicted octanol–water partition coefficient (Wildman–Crippen LogP) is -0.218. The smallest absolute Gasteiger partial charge is 0.148 e. The van der Waals surface area contributed by atoms with Crippen molar-refractivity contribution in [1.82, 2.24) is 19.6 Å². The first-order chi connectivity index (χ1) is 5.61. The van der Waals surface area contributed by atoms with Gasteiger partial charge < -0.3 is 19.6 Å². The van der Waals surface area contributed by atoms with E-state index in [4.69, 9.17) is 0 Å². The molecule has 0 bridgehead atoms. The van der Waals surface area contributed by atoms with Crippen LogP contribution < -0.4 is 0 Å². The molecular weight excluding hydrogens is 152 g/mol. The first-order valence-electron chi connectivity index (χ1n) is 4.20. The highest BCUT2D eigenvalue weighted by Crippen LogP contribution is 2.29. The normalized spacial score (nSPS) is 23.0. The summed E-state index contributed by atoms with van der Waals surface area (Å²) in [4.78, 5) is 9.11. The highest BCUT2D eigenvalue weighted by atomic mass is 15.6. The molecule has 0 atom stereocenters. The van der Waals surface area contributed by atoms with E-state index in [2.05, 4.69) is 47.8 Å². The number of hydrogen-bond acceptors (Lipinski definition) is 4. The Balaban J connectivity index is 2.36. The molecule has 2 rings (SSSR count). The van der Waals surface area contributed by atoms with Crippen LogP contribution in [0.3, 0.4) is 0 Å². The lowest BCUT2D eigenvalue weighted by Gasteiger charge is -2.27. The maximum absolute atomic E-state index is 2.28. The Hall–Kier alpha value is -1.06. The number of rotatable bonds is 0. The third kappa shape index (κ3) is 0.777. The number of nitrogens with zero attached hydrogens (tertiary/aromatic N) is 4. The average Bonchev–Trinajstić information content (AvgIpc) is 2.38. The van der Waals surface area contributed by atoms with Gasteiger partial charge >= 0.3 is 0 Å². The van der Waals surface area contributed by atoms with Crippen molar-refractivity contribution < 1.29 is 0 Å². The molecule has 68 valence electrons. The third-order valence-electron chi connectivity index (χ3n) is 2.49. The van der Waals surface area contributed by atoms with Gasteiger partial charge in [0.15, 0.2) is 0 Å². The monoisotopic (exact) mass is 168 g/mol. The fourth-order valence-corrected chi connectivity index (χ4v) is 2.17. The fraction of sp³-hybridized carbons (Fsp3) is 0.750. The highest BCUT2D eigenvalue weighted by Gasteiger charge is 2.34. The molecule has 4 heteroatoms. The van der Waals surface area contributed by atoms with Crippen molar-refractivity contribution in [3.63, 3.8) is 0 Å². The summed E-state index contributed by atoms with van der Waals surface area (Å²) in [6, 6.07) is 0. The van der Waals surface area contributed by atoms with Crippen molar-refractivity contribution in [2.24, 2.45) is 0 Å². The van der Waals surface area contributed by atoms with E-state index in [0.717, 1.165) is 13.3 Å². The molecule has 2 heterocycles. The minimum absolute atomic E-state index is 0.999. The van der Waals surface area contributed by atoms with Gasteiger partial charge in [-0.05, 0) is 0 Å². The van der Waals surface area contributed by atoms with Crippen LogP contribution in [0.5, 0.6) is 0 Å². The zero-order valence-corrected chi connectivity index (χ0v) is 8.20. The van der Waals surface area contributed by atoms with Crippen LogP contribution in [0.25, 0.3) is 0 Å². The molecule has 0 spiro atoms. The summed E-state index contributed by atoms with van der Waals surface area (Å²) in [5.41, 5.74) is 0. The molecule has 0 radical (unpaired) electrons. The van der Waals surface area contributed by atoms with Crippen LogP contribution in [0.2, 0.25) is 0 Å². The van der Waals surface area contributed by atoms with Gasteiger partial charge in [0.25, 0.3) is 0 Å². The third-order valence-corrected chi connectivity index (χ3v) is 2.49. The van der Waals surface area contributed by atoms with Crippen LogP contribution in [0, 0.1) is 0 Å². The molecule has 0 aromatic carbocycles. The summed E-state index contributed by atoms with van der Waals surface area (Å²) in [6.45, 7) is 2.00. The van der Waals surface area contributed by atoms with Crippen LogP contribution in [-0.4, -0.2) is 61.1 Å². The molecule has 0 aromatic heterocycles. The van der Waals surface area contributed by atoms with Gasteiger partial charge in [0, 0.05) is 28.2 Å². The lowest BCUT2D eigenvalue weighted by molar-refractivity contribution is 0.180. The van der Waals surface area contributed by atoms with E-state index in [-0.39, 0.29) is 0 Å². The van der Waals surface area contributed by atoms with E-state index in [1.807, 2.05) is 0 Å². The Morgan fingerprint density at radius 3 is 1.17 bits per heavy atom. The Morgan fingerprint density at radius 1 is 0.667 bits per heavy atom. The molecule has 0 N–H and O–H groups in total. The summed E-state index contributed by atoms with van der Waals surface area (Å²) >= 11 is 0. The molecule has 2 aliphatic heterocycles. The van der Waals surface area contributed by atoms with E-state index in [9.17, 15) is 0 Å². The second-order valence-corrected chi connectivity index (χ2v) is 3.72. The molecule has 2 aliphatic rings. The van der Waals surface area contributed by atoms with Gasteiger partial charge in [-0.2, -0.15) is 0 Å². The van der Waals surface area contributed by atoms with E-state index in [0.29, 0.717) is 0 Å². The van der Waals surface area contributed by atoms with Gasteiger partial charge in [-0.1, -0.05) is 0 Å². The lowest BCUT2D eigenvalue weighted by atomic mass is 10.6. The van der Waals surface area contributed by atoms with Crippen molar-refractivity contribution in [3.8, 4) is 0 Å². The topological polar surface area (TPSA) is 13.0 Å². The van der Waals surface area contributed by atoms with E-state index >= 15 is 0 Å². The van der Waals surface area contributed by atoms with Crippen molar-refractivity contribution in [2.45, 2.75) is 0 Å². The minimum Gasteiger partial charge on any atom is -0.341 e. The molecule has 0 fully saturated rings. The average molecular weight is 168 g/mol. The van der Waals surface area contributed by atoms with Crippen molar-refractivity contribution in [2.75, 3.05) is 41.5 Å². The van der Waals surface area contributed by atoms with Crippen LogP contribution in [0.4, 0.5) is 0 Å². The molecule has 0 saturated carbocycles. The van der Waals surface area contributed by atoms with Crippen molar-refractivity contribution >= 4 is 0 Å². The summed E-state index contributed by atoms with van der Waals surface area (Å²) in [6.07, 6.45) is 0. The number of hydrogen-bond donors (Lipinski definition) is 0. The van der Waals surface area contributed by atoms with Crippen molar-refractivity contribution in [3.05, 3.63) is 11.6 Å². The Bertz CT molecular complexity index is 191. The summed E-state index contributed by atoms with van der Waals surface area (Å²) < 4.78 is 0. The molecule has 4 nitrogen and oxygen atoms in total. The largest absolute Gasteiger partial charge is 0.341 e. The van der Waals surface area contributed by atoms with Crippen molar-refractivity contribution in [1.29, 1.82) is 0 Å². The molecule has 0 aromatic rings. The zero-order valence-electron chi connectivity index (χ0n) is 8.20. The molecule has 0 aliphatic carbocycles. The van der Waals surface area contributed by atoms with E-state index in [1.54, 1.807) is 0 Å². The van der Waals surface area contributed by atoms with Gasteiger partial charge in [-0.15, -0.1) is 0 Å². The Kier molecular flexibility index (Phi) is 1.40. The summed E-state index contributed by atoms with van der Waals surface area (Å²) in [7, 11) is 8.53. The van der Waals surface area contributed by atoms with Gasteiger partial charge in [0.05, 0.1) is 13.3 Å². The first-order valence-corrected chi connectivity index (χ1v) is 4.20. The molecule has 12 heavy (non-hydrogen) atoms. The maximum Gasteiger partial charge on any atom is 0.148 e. The van der Waals surface area contributed by atoms with E-state index < -0.39 is 0 Å². The van der Waals surface area contributed by atoms with Crippen LogP contribution in [0.15, 0.2) is 11.6 Å². The maximum atomic E-state index is 2.28. The zero-order chi connectivity index (χ0) is 8.88. The van der Waals surface area contributed by atoms with Gasteiger partial charge in [-0.3, -0.25) is 0 Å². The SMILES string of the molecule is CN1CN(C)C2=C1N(C)CN2C. The van der Waals surface area contributed by atoms with Crippen LogP contribution in [-0.2, 0) is 0 Å².